The number of fused-ring (bicyclic) bond motifs is 1. The second-order valence-corrected chi connectivity index (χ2v) is 9.83. The van der Waals surface area contributed by atoms with Crippen molar-refractivity contribution in [1.82, 2.24) is 28.4 Å². The largest absolute Gasteiger partial charge is 0.379 e. The molecule has 1 aliphatic carbocycles. The number of rotatable bonds is 4. The van der Waals surface area contributed by atoms with Crippen LogP contribution in [0.4, 0.5) is 5.82 Å². The van der Waals surface area contributed by atoms with Crippen LogP contribution < -0.4 is 4.90 Å². The molecule has 0 amide bonds. The van der Waals surface area contributed by atoms with Crippen LogP contribution in [-0.4, -0.2) is 89.3 Å². The van der Waals surface area contributed by atoms with E-state index in [1.807, 2.05) is 16.6 Å². The minimum atomic E-state index is -3.44. The van der Waals surface area contributed by atoms with E-state index in [1.54, 1.807) is 8.61 Å². The van der Waals surface area contributed by atoms with Gasteiger partial charge in [0.25, 0.3) is 10.2 Å². The lowest BCUT2D eigenvalue weighted by molar-refractivity contribution is 0.0703. The average molecular weight is 422 g/mol. The topological polar surface area (TPSA) is 96.2 Å². The summed E-state index contributed by atoms with van der Waals surface area (Å²) in [7, 11) is -3.44. The highest BCUT2D eigenvalue weighted by Gasteiger charge is 2.32. The fourth-order valence-corrected chi connectivity index (χ4v) is 5.79. The molecule has 11 heteroatoms. The molecule has 3 fully saturated rings. The molecule has 5 rings (SSSR count). The Morgan fingerprint density at radius 1 is 0.897 bits per heavy atom. The molecule has 0 N–H and O–H groups in total. The zero-order valence-electron chi connectivity index (χ0n) is 16.5. The molecule has 1 saturated carbocycles. The summed E-state index contributed by atoms with van der Waals surface area (Å²) in [6.45, 7) is 4.15. The Morgan fingerprint density at radius 3 is 2.45 bits per heavy atom. The van der Waals surface area contributed by atoms with E-state index in [1.165, 1.54) is 6.42 Å². The van der Waals surface area contributed by atoms with Gasteiger partial charge in [-0.3, -0.25) is 0 Å². The number of aromatic nitrogens is 4. The van der Waals surface area contributed by atoms with Gasteiger partial charge in [0.05, 0.1) is 13.2 Å². The molecule has 0 spiro atoms. The van der Waals surface area contributed by atoms with E-state index in [4.69, 9.17) is 9.84 Å². The van der Waals surface area contributed by atoms with Gasteiger partial charge in [-0.05, 0) is 31.4 Å². The van der Waals surface area contributed by atoms with E-state index in [0.29, 0.717) is 51.9 Å². The molecular formula is C18H27N7O3S. The molecule has 2 aromatic heterocycles. The van der Waals surface area contributed by atoms with E-state index in [-0.39, 0.29) is 0 Å². The fraction of sp³-hybridized carbons (Fsp3) is 0.722. The monoisotopic (exact) mass is 421 g/mol. The minimum absolute atomic E-state index is 0.429. The second-order valence-electron chi connectivity index (χ2n) is 7.91. The molecule has 0 bridgehead atoms. The van der Waals surface area contributed by atoms with Gasteiger partial charge in [-0.2, -0.15) is 21.5 Å². The van der Waals surface area contributed by atoms with Crippen LogP contribution in [0.5, 0.6) is 0 Å². The smallest absolute Gasteiger partial charge is 0.282 e. The van der Waals surface area contributed by atoms with Gasteiger partial charge < -0.3 is 9.64 Å². The molecule has 0 radical (unpaired) electrons. The quantitative estimate of drug-likeness (QED) is 0.708. The van der Waals surface area contributed by atoms with Gasteiger partial charge >= 0.3 is 0 Å². The van der Waals surface area contributed by atoms with Crippen molar-refractivity contribution in [2.75, 3.05) is 57.4 Å². The summed E-state index contributed by atoms with van der Waals surface area (Å²) in [6, 6.07) is 3.91. The third kappa shape index (κ3) is 3.60. The van der Waals surface area contributed by atoms with Gasteiger partial charge in [0, 0.05) is 45.2 Å². The Kier molecular flexibility index (Phi) is 5.14. The molecular weight excluding hydrogens is 394 g/mol. The van der Waals surface area contributed by atoms with Crippen LogP contribution >= 0.6 is 0 Å². The van der Waals surface area contributed by atoms with Crippen LogP contribution in [0.2, 0.25) is 0 Å². The van der Waals surface area contributed by atoms with Crippen molar-refractivity contribution in [2.45, 2.75) is 31.6 Å². The van der Waals surface area contributed by atoms with E-state index < -0.39 is 10.2 Å². The molecule has 0 unspecified atom stereocenters. The van der Waals surface area contributed by atoms with Gasteiger partial charge in [0.1, 0.15) is 5.82 Å². The van der Waals surface area contributed by atoms with E-state index in [9.17, 15) is 8.42 Å². The van der Waals surface area contributed by atoms with Gasteiger partial charge in [-0.25, -0.2) is 0 Å². The third-order valence-electron chi connectivity index (χ3n) is 6.14. The molecule has 2 aromatic rings. The molecule has 0 atom stereocenters. The summed E-state index contributed by atoms with van der Waals surface area (Å²) < 4.78 is 36.3. The van der Waals surface area contributed by atoms with Crippen molar-refractivity contribution < 1.29 is 13.2 Å². The second kappa shape index (κ2) is 7.78. The lowest BCUT2D eigenvalue weighted by Crippen LogP contribution is -2.49. The van der Waals surface area contributed by atoms with Crippen molar-refractivity contribution in [2.24, 2.45) is 0 Å². The number of anilines is 1. The molecule has 29 heavy (non-hydrogen) atoms. The zero-order chi connectivity index (χ0) is 19.8. The first-order valence-corrected chi connectivity index (χ1v) is 11.8. The molecule has 3 aliphatic rings. The molecule has 158 valence electrons. The fourth-order valence-electron chi connectivity index (χ4n) is 4.18. The number of ether oxygens (including phenoxy) is 1. The first-order chi connectivity index (χ1) is 14.1. The summed E-state index contributed by atoms with van der Waals surface area (Å²) in [5.74, 6) is 2.24. The van der Waals surface area contributed by atoms with Crippen molar-refractivity contribution in [3.63, 3.8) is 0 Å². The summed E-state index contributed by atoms with van der Waals surface area (Å²) in [6.07, 6.45) is 4.29. The highest BCUT2D eigenvalue weighted by atomic mass is 32.2. The number of hydrogen-bond donors (Lipinski definition) is 0. The number of morpholine rings is 1. The summed E-state index contributed by atoms with van der Waals surface area (Å²) in [5, 5.41) is 13.4. The summed E-state index contributed by atoms with van der Waals surface area (Å²) in [5.41, 5.74) is 0.766. The molecule has 2 saturated heterocycles. The summed E-state index contributed by atoms with van der Waals surface area (Å²) in [4.78, 5) is 2.17. The average Bonchev–Trinajstić information content (AvgIpc) is 2.94. The predicted molar refractivity (Wildman–Crippen MR) is 107 cm³/mol. The maximum atomic E-state index is 13.0. The van der Waals surface area contributed by atoms with E-state index >= 15 is 0 Å². The van der Waals surface area contributed by atoms with Crippen LogP contribution in [0.1, 0.15) is 37.4 Å². The van der Waals surface area contributed by atoms with Gasteiger partial charge in [0.2, 0.25) is 0 Å². The Hall–Kier alpha value is -1.82. The highest BCUT2D eigenvalue weighted by molar-refractivity contribution is 7.86. The van der Waals surface area contributed by atoms with Crippen LogP contribution in [0.15, 0.2) is 12.1 Å². The van der Waals surface area contributed by atoms with Crippen LogP contribution in [0, 0.1) is 0 Å². The number of nitrogens with zero attached hydrogens (tertiary/aromatic N) is 7. The Morgan fingerprint density at radius 2 is 1.69 bits per heavy atom. The lowest BCUT2D eigenvalue weighted by Gasteiger charge is -2.31. The first-order valence-electron chi connectivity index (χ1n) is 10.4. The standard InChI is InChI=1S/C18H27N7O3S/c26-29(27,24-11-13-28-14-12-24)23-8-2-7-22(9-10-23)17-6-5-16-19-20-18(25(16)21-17)15-3-1-4-15/h5-6,15H,1-4,7-14H2. The Labute approximate surface area is 170 Å². The maximum absolute atomic E-state index is 13.0. The van der Waals surface area contributed by atoms with Crippen LogP contribution in [0.3, 0.4) is 0 Å². The minimum Gasteiger partial charge on any atom is -0.379 e. The third-order valence-corrected chi connectivity index (χ3v) is 8.18. The van der Waals surface area contributed by atoms with Crippen molar-refractivity contribution in [3.05, 3.63) is 18.0 Å². The highest BCUT2D eigenvalue weighted by Crippen LogP contribution is 2.35. The van der Waals surface area contributed by atoms with Crippen molar-refractivity contribution in [1.29, 1.82) is 0 Å². The van der Waals surface area contributed by atoms with E-state index in [0.717, 1.165) is 43.1 Å². The number of hydrogen-bond acceptors (Lipinski definition) is 7. The summed E-state index contributed by atoms with van der Waals surface area (Å²) >= 11 is 0. The van der Waals surface area contributed by atoms with Gasteiger partial charge in [-0.1, -0.05) is 6.42 Å². The SMILES string of the molecule is O=S(=O)(N1CCOCC1)N1CCCN(c2ccc3nnc(C4CCC4)n3n2)CC1. The Balaban J connectivity index is 1.33. The molecule has 10 nitrogen and oxygen atoms in total. The van der Waals surface area contributed by atoms with Crippen molar-refractivity contribution in [3.8, 4) is 0 Å². The van der Waals surface area contributed by atoms with Crippen LogP contribution in [-0.2, 0) is 14.9 Å². The normalized spacial score (nSPS) is 23.2. The molecule has 2 aliphatic heterocycles. The Bertz CT molecular complexity index is 969. The van der Waals surface area contributed by atoms with E-state index in [2.05, 4.69) is 15.1 Å². The zero-order valence-corrected chi connectivity index (χ0v) is 17.3. The predicted octanol–water partition coefficient (Wildman–Crippen LogP) is 0.481. The maximum Gasteiger partial charge on any atom is 0.282 e. The van der Waals surface area contributed by atoms with Crippen LogP contribution in [0.25, 0.3) is 5.65 Å². The van der Waals surface area contributed by atoms with Gasteiger partial charge in [-0.15, -0.1) is 15.3 Å². The molecule has 0 aromatic carbocycles. The van der Waals surface area contributed by atoms with Gasteiger partial charge in [0.15, 0.2) is 11.5 Å². The first kappa shape index (κ1) is 19.2. The lowest BCUT2D eigenvalue weighted by atomic mass is 9.85. The molecule has 4 heterocycles. The van der Waals surface area contributed by atoms with Crippen molar-refractivity contribution >= 4 is 21.7 Å².